The molecule has 0 unspecified atom stereocenters. The number of halogens is 1. The van der Waals surface area contributed by atoms with Gasteiger partial charge >= 0.3 is 5.97 Å². The fraction of sp³-hybridized carbons (Fsp3) is 0.300. The molecule has 7 heteroatoms. The summed E-state index contributed by atoms with van der Waals surface area (Å²) in [7, 11) is -3.97. The van der Waals surface area contributed by atoms with Gasteiger partial charge in [0, 0.05) is 4.47 Å². The molecule has 1 rings (SSSR count). The number of ether oxygens (including phenoxy) is 1. The highest BCUT2D eigenvalue weighted by molar-refractivity contribution is 9.10. The Hall–Kier alpha value is -0.920. The first-order valence-corrected chi connectivity index (χ1v) is 7.09. The molecule has 0 spiro atoms. The monoisotopic (exact) mass is 321 g/mol. The number of rotatable bonds is 3. The van der Waals surface area contributed by atoms with Crippen LogP contribution in [0.4, 0.5) is 0 Å². The van der Waals surface area contributed by atoms with E-state index in [-0.39, 0.29) is 16.6 Å². The summed E-state index contributed by atoms with van der Waals surface area (Å²) in [5.41, 5.74) is -0.0654. The van der Waals surface area contributed by atoms with Crippen LogP contribution in [0.2, 0.25) is 0 Å². The fourth-order valence-electron chi connectivity index (χ4n) is 1.18. The molecular formula is C10H12BrNO4S. The van der Waals surface area contributed by atoms with Crippen molar-refractivity contribution in [3.63, 3.8) is 0 Å². The summed E-state index contributed by atoms with van der Waals surface area (Å²) in [6.45, 7) is 3.35. The highest BCUT2D eigenvalue weighted by atomic mass is 79.9. The van der Waals surface area contributed by atoms with Gasteiger partial charge in [-0.05, 0) is 32.0 Å². The van der Waals surface area contributed by atoms with Crippen LogP contribution in [-0.4, -0.2) is 20.5 Å². The molecule has 0 saturated carbocycles. The van der Waals surface area contributed by atoms with Crippen molar-refractivity contribution in [3.8, 4) is 0 Å². The first kappa shape index (κ1) is 14.1. The molecule has 0 saturated heterocycles. The number of benzene rings is 1. The van der Waals surface area contributed by atoms with Gasteiger partial charge in [-0.2, -0.15) is 0 Å². The zero-order valence-electron chi connectivity index (χ0n) is 9.31. The molecule has 0 amide bonds. The molecule has 0 aliphatic carbocycles. The predicted octanol–water partition coefficient (Wildman–Crippen LogP) is 1.66. The van der Waals surface area contributed by atoms with Gasteiger partial charge in [0.15, 0.2) is 0 Å². The van der Waals surface area contributed by atoms with Crippen molar-refractivity contribution in [2.75, 3.05) is 0 Å². The third kappa shape index (κ3) is 3.79. The van der Waals surface area contributed by atoms with E-state index in [9.17, 15) is 13.2 Å². The van der Waals surface area contributed by atoms with Gasteiger partial charge in [0.2, 0.25) is 10.0 Å². The van der Waals surface area contributed by atoms with E-state index >= 15 is 0 Å². The number of primary sulfonamides is 1. The lowest BCUT2D eigenvalue weighted by molar-refractivity contribution is 0.0373. The standard InChI is InChI=1S/C10H12BrNO4S/c1-6(2)16-10(13)8-4-3-7(11)5-9(8)17(12,14)15/h3-6H,1-2H3,(H2,12,14,15). The molecule has 0 heterocycles. The number of esters is 1. The van der Waals surface area contributed by atoms with Crippen molar-refractivity contribution in [2.24, 2.45) is 5.14 Å². The molecule has 2 N–H and O–H groups in total. The van der Waals surface area contributed by atoms with Gasteiger partial charge in [0.05, 0.1) is 16.6 Å². The third-order valence-electron chi connectivity index (χ3n) is 1.81. The van der Waals surface area contributed by atoms with Crippen molar-refractivity contribution in [1.82, 2.24) is 0 Å². The molecule has 0 bridgehead atoms. The Labute approximate surface area is 108 Å². The summed E-state index contributed by atoms with van der Waals surface area (Å²) in [6.07, 6.45) is -0.334. The SMILES string of the molecule is CC(C)OC(=O)c1ccc(Br)cc1S(N)(=O)=O. The van der Waals surface area contributed by atoms with E-state index in [1.807, 2.05) is 0 Å². The minimum Gasteiger partial charge on any atom is -0.459 e. The van der Waals surface area contributed by atoms with Gasteiger partial charge in [-0.15, -0.1) is 0 Å². The van der Waals surface area contributed by atoms with Crippen LogP contribution >= 0.6 is 15.9 Å². The average molecular weight is 322 g/mol. The van der Waals surface area contributed by atoms with Crippen molar-refractivity contribution in [2.45, 2.75) is 24.8 Å². The van der Waals surface area contributed by atoms with Gasteiger partial charge in [-0.25, -0.2) is 18.4 Å². The van der Waals surface area contributed by atoms with Crippen LogP contribution in [-0.2, 0) is 14.8 Å². The summed E-state index contributed by atoms with van der Waals surface area (Å²) in [5, 5.41) is 5.04. The van der Waals surface area contributed by atoms with Crippen LogP contribution in [0.25, 0.3) is 0 Å². The molecule has 0 atom stereocenters. The van der Waals surface area contributed by atoms with Crippen molar-refractivity contribution in [1.29, 1.82) is 0 Å². The van der Waals surface area contributed by atoms with E-state index in [4.69, 9.17) is 9.88 Å². The van der Waals surface area contributed by atoms with Crippen LogP contribution in [0.1, 0.15) is 24.2 Å². The van der Waals surface area contributed by atoms with Gasteiger partial charge in [0.25, 0.3) is 0 Å². The largest absolute Gasteiger partial charge is 0.459 e. The van der Waals surface area contributed by atoms with E-state index in [0.29, 0.717) is 4.47 Å². The van der Waals surface area contributed by atoms with Crippen LogP contribution in [0, 0.1) is 0 Å². The zero-order valence-corrected chi connectivity index (χ0v) is 11.7. The lowest BCUT2D eigenvalue weighted by Crippen LogP contribution is -2.19. The topological polar surface area (TPSA) is 86.5 Å². The highest BCUT2D eigenvalue weighted by Crippen LogP contribution is 2.21. The van der Waals surface area contributed by atoms with Crippen molar-refractivity contribution in [3.05, 3.63) is 28.2 Å². The molecule has 0 aromatic heterocycles. The quantitative estimate of drug-likeness (QED) is 0.858. The first-order valence-electron chi connectivity index (χ1n) is 4.75. The molecule has 1 aromatic carbocycles. The molecule has 1 aromatic rings. The van der Waals surface area contributed by atoms with Crippen molar-refractivity contribution < 1.29 is 17.9 Å². The number of carbonyl (C=O) groups is 1. The number of sulfonamides is 1. The van der Waals surface area contributed by atoms with Gasteiger partial charge in [-0.1, -0.05) is 15.9 Å². The van der Waals surface area contributed by atoms with E-state index in [2.05, 4.69) is 15.9 Å². The Morgan fingerprint density at radius 3 is 2.47 bits per heavy atom. The van der Waals surface area contributed by atoms with Gasteiger partial charge in [0.1, 0.15) is 0 Å². The second-order valence-electron chi connectivity index (χ2n) is 3.64. The smallest absolute Gasteiger partial charge is 0.339 e. The average Bonchev–Trinajstić information content (AvgIpc) is 2.14. The van der Waals surface area contributed by atoms with E-state index in [0.717, 1.165) is 0 Å². The van der Waals surface area contributed by atoms with Gasteiger partial charge < -0.3 is 4.74 Å². The van der Waals surface area contributed by atoms with Crippen LogP contribution < -0.4 is 5.14 Å². The fourth-order valence-corrected chi connectivity index (χ4v) is 2.44. The molecule has 0 aliphatic rings. The Morgan fingerprint density at radius 1 is 1.41 bits per heavy atom. The Balaban J connectivity index is 3.30. The highest BCUT2D eigenvalue weighted by Gasteiger charge is 2.21. The summed E-state index contributed by atoms with van der Waals surface area (Å²) < 4.78 is 28.1. The third-order valence-corrected chi connectivity index (χ3v) is 3.26. The zero-order chi connectivity index (χ0) is 13.2. The summed E-state index contributed by atoms with van der Waals surface area (Å²) in [4.78, 5) is 11.4. The normalized spacial score (nSPS) is 11.6. The molecule has 0 radical (unpaired) electrons. The summed E-state index contributed by atoms with van der Waals surface area (Å²) in [6, 6.07) is 4.17. The molecular weight excluding hydrogens is 310 g/mol. The van der Waals surface area contributed by atoms with Crippen LogP contribution in [0.15, 0.2) is 27.6 Å². The second kappa shape index (κ2) is 5.16. The lowest BCUT2D eigenvalue weighted by Gasteiger charge is -2.10. The predicted molar refractivity (Wildman–Crippen MR) is 66.1 cm³/mol. The number of nitrogens with two attached hydrogens (primary N) is 1. The van der Waals surface area contributed by atoms with Crippen LogP contribution in [0.5, 0.6) is 0 Å². The second-order valence-corrected chi connectivity index (χ2v) is 6.09. The summed E-state index contributed by atoms with van der Waals surface area (Å²) >= 11 is 3.12. The number of hydrogen-bond donors (Lipinski definition) is 1. The number of carbonyl (C=O) groups excluding carboxylic acids is 1. The maximum Gasteiger partial charge on any atom is 0.339 e. The Bertz CT molecular complexity index is 539. The van der Waals surface area contributed by atoms with E-state index in [1.165, 1.54) is 12.1 Å². The lowest BCUT2D eigenvalue weighted by atomic mass is 10.2. The Kier molecular flexibility index (Phi) is 4.29. The minimum atomic E-state index is -3.97. The molecule has 94 valence electrons. The van der Waals surface area contributed by atoms with Gasteiger partial charge in [-0.3, -0.25) is 0 Å². The minimum absolute atomic E-state index is 0.0654. The first-order chi connectivity index (χ1) is 7.71. The summed E-state index contributed by atoms with van der Waals surface area (Å²) in [5.74, 6) is -0.712. The Morgan fingerprint density at radius 2 is 2.00 bits per heavy atom. The molecule has 17 heavy (non-hydrogen) atoms. The van der Waals surface area contributed by atoms with Crippen molar-refractivity contribution >= 4 is 31.9 Å². The number of hydrogen-bond acceptors (Lipinski definition) is 4. The maximum atomic E-state index is 11.7. The maximum absolute atomic E-state index is 11.7. The van der Waals surface area contributed by atoms with E-state index in [1.54, 1.807) is 19.9 Å². The molecule has 5 nitrogen and oxygen atoms in total. The van der Waals surface area contributed by atoms with E-state index < -0.39 is 16.0 Å². The molecule has 0 fully saturated rings. The van der Waals surface area contributed by atoms with Crippen LogP contribution in [0.3, 0.4) is 0 Å². The molecule has 0 aliphatic heterocycles.